The number of nitrogens with one attached hydrogen (secondary N) is 1. The maximum Gasteiger partial charge on any atom is 0.255 e. The molecular weight excluding hydrogens is 186 g/mol. The summed E-state index contributed by atoms with van der Waals surface area (Å²) in [7, 11) is 0. The Morgan fingerprint density at radius 2 is 2.14 bits per heavy atom. The molecule has 4 heteroatoms. The van der Waals surface area contributed by atoms with Gasteiger partial charge in [-0.2, -0.15) is 0 Å². The predicted molar refractivity (Wildman–Crippen MR) is 51.6 cm³/mol. The first-order chi connectivity index (χ1) is 6.43. The minimum Gasteiger partial charge on any atom is -0.312 e. The van der Waals surface area contributed by atoms with E-state index < -0.39 is 11.3 Å². The third-order valence-electron chi connectivity index (χ3n) is 3.40. The molecule has 0 aromatic heterocycles. The summed E-state index contributed by atoms with van der Waals surface area (Å²) in [4.78, 5) is 2.15. The fourth-order valence-corrected chi connectivity index (χ4v) is 2.27. The maximum atomic E-state index is 13.0. The number of nitrogens with zero attached hydrogens (tertiary/aromatic N) is 1. The van der Waals surface area contributed by atoms with Crippen molar-refractivity contribution in [1.82, 2.24) is 10.2 Å². The number of alkyl halides is 2. The lowest BCUT2D eigenvalue weighted by atomic mass is 10.1. The van der Waals surface area contributed by atoms with Gasteiger partial charge in [-0.1, -0.05) is 6.92 Å². The monoisotopic (exact) mass is 204 g/mol. The molecule has 82 valence electrons. The molecule has 0 spiro atoms. The molecule has 14 heavy (non-hydrogen) atoms. The predicted octanol–water partition coefficient (Wildman–Crippen LogP) is 1.33. The lowest BCUT2D eigenvalue weighted by molar-refractivity contribution is 0.0482. The van der Waals surface area contributed by atoms with E-state index in [1.807, 2.05) is 0 Å². The molecule has 0 bridgehead atoms. The van der Waals surface area contributed by atoms with Gasteiger partial charge in [-0.15, -0.1) is 0 Å². The van der Waals surface area contributed by atoms with Crippen LogP contribution < -0.4 is 5.32 Å². The van der Waals surface area contributed by atoms with Crippen molar-refractivity contribution in [2.75, 3.05) is 26.2 Å². The largest absolute Gasteiger partial charge is 0.312 e. The summed E-state index contributed by atoms with van der Waals surface area (Å²) in [5, 5.41) is 3.31. The zero-order chi connectivity index (χ0) is 10.4. The molecule has 0 radical (unpaired) electrons. The first-order valence-corrected chi connectivity index (χ1v) is 5.27. The van der Waals surface area contributed by atoms with Crippen molar-refractivity contribution in [3.63, 3.8) is 0 Å². The van der Waals surface area contributed by atoms with Crippen molar-refractivity contribution in [2.24, 2.45) is 5.41 Å². The second-order valence-electron chi connectivity index (χ2n) is 5.03. The van der Waals surface area contributed by atoms with E-state index in [1.54, 1.807) is 6.92 Å². The SMILES string of the molecule is CC1CN(CC2(C)CC2(F)F)CCN1. The van der Waals surface area contributed by atoms with Gasteiger partial charge >= 0.3 is 0 Å². The van der Waals surface area contributed by atoms with E-state index in [0.717, 1.165) is 19.6 Å². The van der Waals surface area contributed by atoms with E-state index >= 15 is 0 Å². The molecule has 0 aromatic carbocycles. The van der Waals surface area contributed by atoms with E-state index in [-0.39, 0.29) is 6.42 Å². The summed E-state index contributed by atoms with van der Waals surface area (Å²) in [6, 6.07) is 0.430. The molecular formula is C10H18F2N2. The van der Waals surface area contributed by atoms with Gasteiger partial charge in [-0.25, -0.2) is 8.78 Å². The molecule has 2 unspecified atom stereocenters. The first kappa shape index (κ1) is 10.3. The smallest absolute Gasteiger partial charge is 0.255 e. The lowest BCUT2D eigenvalue weighted by Gasteiger charge is -2.33. The van der Waals surface area contributed by atoms with Gasteiger partial charge in [-0.3, -0.25) is 4.90 Å². The summed E-state index contributed by atoms with van der Waals surface area (Å²) in [5.41, 5.74) is -0.746. The third-order valence-corrected chi connectivity index (χ3v) is 3.40. The van der Waals surface area contributed by atoms with E-state index in [0.29, 0.717) is 12.6 Å². The molecule has 1 N–H and O–H groups in total. The van der Waals surface area contributed by atoms with E-state index in [1.165, 1.54) is 0 Å². The Bertz CT molecular complexity index is 232. The van der Waals surface area contributed by atoms with E-state index in [4.69, 9.17) is 0 Å². The number of hydrogen-bond donors (Lipinski definition) is 1. The standard InChI is InChI=1S/C10H18F2N2/c1-8-5-14(4-3-13-8)7-9(2)6-10(9,11)12/h8,13H,3-7H2,1-2H3. The van der Waals surface area contributed by atoms with Crippen molar-refractivity contribution in [2.45, 2.75) is 32.2 Å². The highest BCUT2D eigenvalue weighted by Gasteiger charge is 2.67. The number of piperazine rings is 1. The molecule has 2 atom stereocenters. The second-order valence-corrected chi connectivity index (χ2v) is 5.03. The average molecular weight is 204 g/mol. The molecule has 0 amide bonds. The van der Waals surface area contributed by atoms with Crippen molar-refractivity contribution in [3.8, 4) is 0 Å². The van der Waals surface area contributed by atoms with Gasteiger partial charge in [0, 0.05) is 44.1 Å². The van der Waals surface area contributed by atoms with Gasteiger partial charge in [-0.05, 0) is 6.92 Å². The average Bonchev–Trinajstić information content (AvgIpc) is 2.49. The normalized spacial score (nSPS) is 42.4. The molecule has 2 rings (SSSR count). The highest BCUT2D eigenvalue weighted by Crippen LogP contribution is 2.60. The van der Waals surface area contributed by atoms with Gasteiger partial charge in [0.05, 0.1) is 0 Å². The maximum absolute atomic E-state index is 13.0. The summed E-state index contributed by atoms with van der Waals surface area (Å²) >= 11 is 0. The van der Waals surface area contributed by atoms with Crippen LogP contribution >= 0.6 is 0 Å². The zero-order valence-electron chi connectivity index (χ0n) is 8.82. The molecule has 0 aromatic rings. The van der Waals surface area contributed by atoms with Crippen LogP contribution in [0, 0.1) is 5.41 Å². The molecule has 1 heterocycles. The highest BCUT2D eigenvalue weighted by atomic mass is 19.3. The fourth-order valence-electron chi connectivity index (χ4n) is 2.27. The van der Waals surface area contributed by atoms with Crippen LogP contribution in [-0.2, 0) is 0 Å². The molecule has 1 aliphatic carbocycles. The Labute approximate surface area is 83.7 Å². The van der Waals surface area contributed by atoms with Crippen molar-refractivity contribution in [1.29, 1.82) is 0 Å². The van der Waals surface area contributed by atoms with Gasteiger partial charge in [0.25, 0.3) is 5.92 Å². The second kappa shape index (κ2) is 3.14. The van der Waals surface area contributed by atoms with Crippen LogP contribution in [0.5, 0.6) is 0 Å². The topological polar surface area (TPSA) is 15.3 Å². The lowest BCUT2D eigenvalue weighted by Crippen LogP contribution is -2.50. The van der Waals surface area contributed by atoms with Crippen LogP contribution in [0.15, 0.2) is 0 Å². The molecule has 2 fully saturated rings. The van der Waals surface area contributed by atoms with Crippen molar-refractivity contribution >= 4 is 0 Å². The third kappa shape index (κ3) is 1.77. The summed E-state index contributed by atoms with van der Waals surface area (Å²) in [6.45, 7) is 7.05. The minimum absolute atomic E-state index is 0.0678. The van der Waals surface area contributed by atoms with Crippen LogP contribution in [0.3, 0.4) is 0 Å². The van der Waals surface area contributed by atoms with Crippen molar-refractivity contribution < 1.29 is 8.78 Å². The van der Waals surface area contributed by atoms with E-state index in [2.05, 4.69) is 17.1 Å². The van der Waals surface area contributed by atoms with Crippen LogP contribution in [-0.4, -0.2) is 43.0 Å². The van der Waals surface area contributed by atoms with Gasteiger partial charge in [0.2, 0.25) is 0 Å². The van der Waals surface area contributed by atoms with Gasteiger partial charge in [0.1, 0.15) is 0 Å². The fraction of sp³-hybridized carbons (Fsp3) is 1.00. The van der Waals surface area contributed by atoms with Gasteiger partial charge < -0.3 is 5.32 Å². The van der Waals surface area contributed by atoms with Crippen LogP contribution in [0.1, 0.15) is 20.3 Å². The molecule has 1 saturated carbocycles. The van der Waals surface area contributed by atoms with Crippen molar-refractivity contribution in [3.05, 3.63) is 0 Å². The van der Waals surface area contributed by atoms with E-state index in [9.17, 15) is 8.78 Å². The van der Waals surface area contributed by atoms with Crippen LogP contribution in [0.2, 0.25) is 0 Å². The molecule has 1 aliphatic heterocycles. The Morgan fingerprint density at radius 1 is 1.50 bits per heavy atom. The Morgan fingerprint density at radius 3 is 2.64 bits per heavy atom. The van der Waals surface area contributed by atoms with Gasteiger partial charge in [0.15, 0.2) is 0 Å². The summed E-state index contributed by atoms with van der Waals surface area (Å²) in [6.07, 6.45) is 0.0678. The molecule has 2 nitrogen and oxygen atoms in total. The Kier molecular flexibility index (Phi) is 2.31. The van der Waals surface area contributed by atoms with Crippen LogP contribution in [0.25, 0.3) is 0 Å². The molecule has 2 aliphatic rings. The number of rotatable bonds is 2. The minimum atomic E-state index is -2.42. The number of hydrogen-bond acceptors (Lipinski definition) is 2. The van der Waals surface area contributed by atoms with Crippen LogP contribution in [0.4, 0.5) is 8.78 Å². The Balaban J connectivity index is 1.86. The molecule has 1 saturated heterocycles. The Hall–Kier alpha value is -0.220. The number of halogens is 2. The summed E-state index contributed by atoms with van der Waals surface area (Å²) < 4.78 is 26.0. The highest BCUT2D eigenvalue weighted by molar-refractivity contribution is 5.08. The quantitative estimate of drug-likeness (QED) is 0.730. The summed E-state index contributed by atoms with van der Waals surface area (Å²) in [5.74, 6) is -2.42. The first-order valence-electron chi connectivity index (χ1n) is 5.27. The zero-order valence-corrected chi connectivity index (χ0v) is 8.82.